The third-order valence-corrected chi connectivity index (χ3v) is 6.30. The SMILES string of the molecule is CC(C)(C)Sc1ccncc1-c1ccc(S(=O)(=O)NC2CC2)cc1. The van der Waals surface area contributed by atoms with E-state index in [4.69, 9.17) is 0 Å². The molecule has 0 bridgehead atoms. The zero-order valence-electron chi connectivity index (χ0n) is 14.1. The maximum Gasteiger partial charge on any atom is 0.240 e. The number of pyridine rings is 1. The van der Waals surface area contributed by atoms with Gasteiger partial charge in [0, 0.05) is 33.6 Å². The van der Waals surface area contributed by atoms with Gasteiger partial charge < -0.3 is 0 Å². The number of sulfonamides is 1. The summed E-state index contributed by atoms with van der Waals surface area (Å²) in [6, 6.07) is 9.15. The molecule has 1 heterocycles. The smallest absolute Gasteiger partial charge is 0.240 e. The molecule has 1 fully saturated rings. The van der Waals surface area contributed by atoms with Gasteiger partial charge in [-0.3, -0.25) is 4.98 Å². The van der Waals surface area contributed by atoms with Crippen molar-refractivity contribution in [2.24, 2.45) is 0 Å². The molecule has 128 valence electrons. The highest BCUT2D eigenvalue weighted by Gasteiger charge is 2.27. The first-order valence-corrected chi connectivity index (χ1v) is 10.3. The van der Waals surface area contributed by atoms with Gasteiger partial charge in [0.15, 0.2) is 0 Å². The highest BCUT2D eigenvalue weighted by atomic mass is 32.2. The Morgan fingerprint density at radius 3 is 2.38 bits per heavy atom. The van der Waals surface area contributed by atoms with Crippen LogP contribution < -0.4 is 4.72 Å². The molecule has 6 heteroatoms. The van der Waals surface area contributed by atoms with Crippen molar-refractivity contribution in [3.8, 4) is 11.1 Å². The van der Waals surface area contributed by atoms with E-state index in [-0.39, 0.29) is 10.8 Å². The number of nitrogens with zero attached hydrogens (tertiary/aromatic N) is 1. The van der Waals surface area contributed by atoms with Crippen LogP contribution in [0, 0.1) is 0 Å². The van der Waals surface area contributed by atoms with Crippen LogP contribution in [0.15, 0.2) is 52.5 Å². The maximum absolute atomic E-state index is 12.3. The van der Waals surface area contributed by atoms with Gasteiger partial charge in [-0.2, -0.15) is 0 Å². The summed E-state index contributed by atoms with van der Waals surface area (Å²) in [6.45, 7) is 6.50. The molecule has 0 atom stereocenters. The van der Waals surface area contributed by atoms with Crippen molar-refractivity contribution in [1.82, 2.24) is 9.71 Å². The highest BCUT2D eigenvalue weighted by Crippen LogP contribution is 2.38. The fourth-order valence-corrected chi connectivity index (χ4v) is 4.69. The Balaban J connectivity index is 1.88. The minimum atomic E-state index is -3.41. The Morgan fingerprint density at radius 1 is 1.12 bits per heavy atom. The summed E-state index contributed by atoms with van der Waals surface area (Å²) in [6.07, 6.45) is 5.48. The van der Waals surface area contributed by atoms with E-state index < -0.39 is 10.0 Å². The molecule has 1 aromatic heterocycles. The van der Waals surface area contributed by atoms with Gasteiger partial charge in [0.2, 0.25) is 10.0 Å². The van der Waals surface area contributed by atoms with Crippen molar-refractivity contribution < 1.29 is 8.42 Å². The largest absolute Gasteiger partial charge is 0.264 e. The third kappa shape index (κ3) is 4.37. The van der Waals surface area contributed by atoms with Gasteiger partial charge >= 0.3 is 0 Å². The van der Waals surface area contributed by atoms with Crippen LogP contribution in [0.4, 0.5) is 0 Å². The van der Waals surface area contributed by atoms with Crippen molar-refractivity contribution in [3.05, 3.63) is 42.7 Å². The zero-order chi connectivity index (χ0) is 17.4. The molecule has 0 unspecified atom stereocenters. The topological polar surface area (TPSA) is 59.1 Å². The molecule has 1 aliphatic rings. The van der Waals surface area contributed by atoms with Crippen molar-refractivity contribution in [2.45, 2.75) is 54.2 Å². The van der Waals surface area contributed by atoms with Crippen LogP contribution in [0.2, 0.25) is 0 Å². The van der Waals surface area contributed by atoms with Crippen LogP contribution in [0.1, 0.15) is 33.6 Å². The Bertz CT molecular complexity index is 821. The van der Waals surface area contributed by atoms with Gasteiger partial charge in [-0.15, -0.1) is 11.8 Å². The van der Waals surface area contributed by atoms with Crippen LogP contribution >= 0.6 is 11.8 Å². The molecule has 0 aliphatic heterocycles. The van der Waals surface area contributed by atoms with E-state index in [1.54, 1.807) is 30.1 Å². The summed E-state index contributed by atoms with van der Waals surface area (Å²) < 4.78 is 27.3. The molecular formula is C18H22N2O2S2. The number of rotatable bonds is 5. The summed E-state index contributed by atoms with van der Waals surface area (Å²) in [5, 5.41) is 0. The number of thioether (sulfide) groups is 1. The van der Waals surface area contributed by atoms with E-state index in [1.165, 1.54) is 0 Å². The Hall–Kier alpha value is -1.37. The molecule has 0 radical (unpaired) electrons. The fraction of sp³-hybridized carbons (Fsp3) is 0.389. The summed E-state index contributed by atoms with van der Waals surface area (Å²) in [5.41, 5.74) is 2.00. The molecule has 0 spiro atoms. The van der Waals surface area contributed by atoms with E-state index in [1.807, 2.05) is 24.4 Å². The normalized spacial score (nSPS) is 15.5. The summed E-state index contributed by atoms with van der Waals surface area (Å²) in [4.78, 5) is 5.68. The highest BCUT2D eigenvalue weighted by molar-refractivity contribution is 8.00. The zero-order valence-corrected chi connectivity index (χ0v) is 15.7. The Kier molecular flexibility index (Phi) is 4.73. The quantitative estimate of drug-likeness (QED) is 0.814. The van der Waals surface area contributed by atoms with Crippen LogP contribution in [0.3, 0.4) is 0 Å². The summed E-state index contributed by atoms with van der Waals surface area (Å²) in [5.74, 6) is 0. The second-order valence-electron chi connectivity index (χ2n) is 7.01. The molecule has 0 saturated heterocycles. The van der Waals surface area contributed by atoms with Gasteiger partial charge in [0.1, 0.15) is 0 Å². The van der Waals surface area contributed by atoms with Crippen LogP contribution in [-0.2, 0) is 10.0 Å². The molecule has 0 amide bonds. The second kappa shape index (κ2) is 6.50. The van der Waals surface area contributed by atoms with Crippen molar-refractivity contribution in [3.63, 3.8) is 0 Å². The minimum Gasteiger partial charge on any atom is -0.264 e. The molecule has 1 saturated carbocycles. The first-order valence-electron chi connectivity index (χ1n) is 8.00. The van der Waals surface area contributed by atoms with Gasteiger partial charge in [0.05, 0.1) is 4.90 Å². The predicted octanol–water partition coefficient (Wildman–Crippen LogP) is 4.08. The number of hydrogen-bond acceptors (Lipinski definition) is 4. The Morgan fingerprint density at radius 2 is 1.79 bits per heavy atom. The fourth-order valence-electron chi connectivity index (χ4n) is 2.32. The molecule has 1 aromatic carbocycles. The molecule has 2 aromatic rings. The monoisotopic (exact) mass is 362 g/mol. The molecule has 3 rings (SSSR count). The summed E-state index contributed by atoms with van der Waals surface area (Å²) >= 11 is 1.78. The molecule has 1 aliphatic carbocycles. The van der Waals surface area contributed by atoms with E-state index in [2.05, 4.69) is 30.5 Å². The lowest BCUT2D eigenvalue weighted by Crippen LogP contribution is -2.25. The van der Waals surface area contributed by atoms with E-state index in [9.17, 15) is 8.42 Å². The number of benzene rings is 1. The number of hydrogen-bond donors (Lipinski definition) is 1. The van der Waals surface area contributed by atoms with Gasteiger partial charge in [-0.25, -0.2) is 13.1 Å². The lowest BCUT2D eigenvalue weighted by molar-refractivity contribution is 0.581. The van der Waals surface area contributed by atoms with Crippen molar-refractivity contribution in [1.29, 1.82) is 0 Å². The maximum atomic E-state index is 12.3. The van der Waals surface area contributed by atoms with Crippen LogP contribution in [-0.4, -0.2) is 24.2 Å². The van der Waals surface area contributed by atoms with E-state index >= 15 is 0 Å². The average Bonchev–Trinajstić information content (AvgIpc) is 3.30. The van der Waals surface area contributed by atoms with E-state index in [0.29, 0.717) is 4.90 Å². The predicted molar refractivity (Wildman–Crippen MR) is 98.6 cm³/mol. The number of aromatic nitrogens is 1. The van der Waals surface area contributed by atoms with Crippen LogP contribution in [0.25, 0.3) is 11.1 Å². The minimum absolute atomic E-state index is 0.0908. The van der Waals surface area contributed by atoms with Gasteiger partial charge in [-0.05, 0) is 36.6 Å². The lowest BCUT2D eigenvalue weighted by Gasteiger charge is -2.19. The third-order valence-electron chi connectivity index (χ3n) is 3.57. The lowest BCUT2D eigenvalue weighted by atomic mass is 10.1. The van der Waals surface area contributed by atoms with Crippen molar-refractivity contribution in [2.75, 3.05) is 0 Å². The van der Waals surface area contributed by atoms with Crippen molar-refractivity contribution >= 4 is 21.8 Å². The molecular weight excluding hydrogens is 340 g/mol. The molecule has 4 nitrogen and oxygen atoms in total. The average molecular weight is 363 g/mol. The van der Waals surface area contributed by atoms with Gasteiger partial charge in [-0.1, -0.05) is 32.9 Å². The number of nitrogens with one attached hydrogen (secondary N) is 1. The first kappa shape index (κ1) is 17.5. The summed E-state index contributed by atoms with van der Waals surface area (Å²) in [7, 11) is -3.41. The molecule has 1 N–H and O–H groups in total. The second-order valence-corrected chi connectivity index (χ2v) is 10.6. The molecule has 24 heavy (non-hydrogen) atoms. The van der Waals surface area contributed by atoms with E-state index in [0.717, 1.165) is 28.9 Å². The van der Waals surface area contributed by atoms with Crippen LogP contribution in [0.5, 0.6) is 0 Å². The first-order chi connectivity index (χ1) is 11.2. The standard InChI is InChI=1S/C18H22N2O2S2/c1-18(2,3)23-17-10-11-19-12-16(17)13-4-8-15(9-5-13)24(21,22)20-14-6-7-14/h4-5,8-12,14,20H,6-7H2,1-3H3. The van der Waals surface area contributed by atoms with Gasteiger partial charge in [0.25, 0.3) is 0 Å². The Labute approximate surface area is 148 Å².